The highest BCUT2D eigenvalue weighted by atomic mass is 35.5. The second-order valence-corrected chi connectivity index (χ2v) is 8.21. The van der Waals surface area contributed by atoms with Crippen LogP contribution in [0.15, 0.2) is 6.33 Å². The lowest BCUT2D eigenvalue weighted by molar-refractivity contribution is -0.0682. The molecule has 1 aliphatic heterocycles. The van der Waals surface area contributed by atoms with Crippen molar-refractivity contribution in [3.05, 3.63) is 11.6 Å². The summed E-state index contributed by atoms with van der Waals surface area (Å²) in [7, 11) is 0. The molecule has 2 saturated carbocycles. The van der Waals surface area contributed by atoms with Crippen LogP contribution >= 0.6 is 11.6 Å². The van der Waals surface area contributed by atoms with E-state index in [0.29, 0.717) is 23.0 Å². The Balaban J connectivity index is 1.41. The zero-order valence-corrected chi connectivity index (χ0v) is 16.1. The first-order chi connectivity index (χ1) is 13.6. The van der Waals surface area contributed by atoms with Gasteiger partial charge in [-0.15, -0.1) is 0 Å². The van der Waals surface area contributed by atoms with E-state index in [0.717, 1.165) is 25.7 Å². The summed E-state index contributed by atoms with van der Waals surface area (Å²) >= 11 is 6.15. The van der Waals surface area contributed by atoms with Crippen LogP contribution in [0.1, 0.15) is 44.8 Å². The van der Waals surface area contributed by atoms with Crippen molar-refractivity contribution >= 4 is 28.6 Å². The van der Waals surface area contributed by atoms with Gasteiger partial charge in [-0.25, -0.2) is 4.98 Å². The van der Waals surface area contributed by atoms with Crippen LogP contribution in [0.25, 0.3) is 11.2 Å². The maximum atomic E-state index is 10.5. The molecule has 2 aromatic rings. The molecule has 2 unspecified atom stereocenters. The number of nitrogens with zero attached hydrogens (tertiary/aromatic N) is 4. The van der Waals surface area contributed by atoms with Crippen LogP contribution in [0, 0.1) is 0 Å². The highest BCUT2D eigenvalue weighted by Gasteiger charge is 2.45. The first-order valence-corrected chi connectivity index (χ1v) is 10.3. The minimum Gasteiger partial charge on any atom is -0.387 e. The minimum absolute atomic E-state index is 0.0939. The molecule has 1 saturated heterocycles. The van der Waals surface area contributed by atoms with Gasteiger partial charge in [0.2, 0.25) is 5.28 Å². The van der Waals surface area contributed by atoms with Crippen LogP contribution in [0.3, 0.4) is 0 Å². The zero-order chi connectivity index (χ0) is 19.3. The Morgan fingerprint density at radius 2 is 1.96 bits per heavy atom. The first-order valence-electron chi connectivity index (χ1n) is 9.90. The van der Waals surface area contributed by atoms with E-state index in [1.165, 1.54) is 12.8 Å². The van der Waals surface area contributed by atoms with Crippen molar-refractivity contribution < 1.29 is 19.7 Å². The van der Waals surface area contributed by atoms with E-state index in [4.69, 9.17) is 21.1 Å². The smallest absolute Gasteiger partial charge is 0.226 e. The molecule has 4 atom stereocenters. The second kappa shape index (κ2) is 7.38. The third-order valence-corrected chi connectivity index (χ3v) is 5.89. The van der Waals surface area contributed by atoms with E-state index in [1.807, 2.05) is 0 Å². The lowest BCUT2D eigenvalue weighted by Gasteiger charge is -2.17. The van der Waals surface area contributed by atoms with Crippen LogP contribution in [0.4, 0.5) is 5.82 Å². The number of nitrogens with one attached hydrogen (secondary N) is 1. The van der Waals surface area contributed by atoms with E-state index in [2.05, 4.69) is 20.3 Å². The Kier molecular flexibility index (Phi) is 4.88. The summed E-state index contributed by atoms with van der Waals surface area (Å²) < 4.78 is 13.2. The predicted molar refractivity (Wildman–Crippen MR) is 101 cm³/mol. The number of ether oxygens (including phenoxy) is 2. The van der Waals surface area contributed by atoms with Gasteiger partial charge in [0, 0.05) is 6.04 Å². The molecular formula is C18H24ClN5O4. The number of aliphatic hydroxyl groups excluding tert-OH is 2. The van der Waals surface area contributed by atoms with Gasteiger partial charge in [0.05, 0.1) is 19.0 Å². The molecule has 2 aromatic heterocycles. The van der Waals surface area contributed by atoms with Crippen LogP contribution in [0.2, 0.25) is 5.28 Å². The molecule has 3 aliphatic rings. The van der Waals surface area contributed by atoms with E-state index in [-0.39, 0.29) is 18.0 Å². The van der Waals surface area contributed by atoms with Crippen molar-refractivity contribution in [2.75, 3.05) is 11.9 Å². The van der Waals surface area contributed by atoms with E-state index < -0.39 is 24.5 Å². The monoisotopic (exact) mass is 409 g/mol. The van der Waals surface area contributed by atoms with Crippen molar-refractivity contribution in [3.63, 3.8) is 0 Å². The van der Waals surface area contributed by atoms with Gasteiger partial charge in [-0.05, 0) is 37.3 Å². The molecule has 0 amide bonds. The fourth-order valence-corrected chi connectivity index (χ4v) is 4.17. The second-order valence-electron chi connectivity index (χ2n) is 7.87. The number of hydrogen-bond donors (Lipinski definition) is 3. The molecule has 2 aliphatic carbocycles. The van der Waals surface area contributed by atoms with Gasteiger partial charge in [0.1, 0.15) is 18.3 Å². The number of hydrogen-bond acceptors (Lipinski definition) is 8. The summed E-state index contributed by atoms with van der Waals surface area (Å²) in [4.78, 5) is 13.0. The highest BCUT2D eigenvalue weighted by molar-refractivity contribution is 6.28. The molecule has 10 heteroatoms. The molecule has 0 aromatic carbocycles. The van der Waals surface area contributed by atoms with Crippen LogP contribution in [0.5, 0.6) is 0 Å². The molecule has 0 spiro atoms. The fraction of sp³-hybridized carbons (Fsp3) is 0.722. The quantitative estimate of drug-likeness (QED) is 0.617. The molecule has 0 radical (unpaired) electrons. The zero-order valence-electron chi connectivity index (χ0n) is 15.4. The standard InChI is InChI=1S/C18H24ClN5O4/c19-18-22-15(21-9-3-1-2-4-9)12-16(23-18)24(8-20-12)17-14(26)13(25)11(28-17)7-27-10-5-6-10/h8-11,13-14,17,25-26H,1-7H2,(H,21,22,23)/t11-,13?,14?,17-/m1/s1. The van der Waals surface area contributed by atoms with Crippen molar-refractivity contribution in [1.82, 2.24) is 19.5 Å². The maximum absolute atomic E-state index is 10.5. The number of fused-ring (bicyclic) bond motifs is 1. The van der Waals surface area contributed by atoms with Gasteiger partial charge in [-0.1, -0.05) is 12.8 Å². The molecule has 3 N–H and O–H groups in total. The first kappa shape index (κ1) is 18.5. The van der Waals surface area contributed by atoms with Crippen LogP contribution in [-0.2, 0) is 9.47 Å². The Morgan fingerprint density at radius 3 is 2.71 bits per heavy atom. The summed E-state index contributed by atoms with van der Waals surface area (Å²) in [5, 5.41) is 24.4. The molecule has 3 fully saturated rings. The molecule has 28 heavy (non-hydrogen) atoms. The van der Waals surface area contributed by atoms with E-state index in [1.54, 1.807) is 10.9 Å². The summed E-state index contributed by atoms with van der Waals surface area (Å²) in [6.07, 6.45) is 4.82. The lowest BCUT2D eigenvalue weighted by Crippen LogP contribution is -2.34. The highest BCUT2D eigenvalue weighted by Crippen LogP contribution is 2.34. The summed E-state index contributed by atoms with van der Waals surface area (Å²) in [5.74, 6) is 0.585. The van der Waals surface area contributed by atoms with Gasteiger partial charge >= 0.3 is 0 Å². The van der Waals surface area contributed by atoms with Crippen molar-refractivity contribution in [3.8, 4) is 0 Å². The lowest BCUT2D eigenvalue weighted by atomic mass is 10.1. The molecule has 5 rings (SSSR count). The number of anilines is 1. The largest absolute Gasteiger partial charge is 0.387 e. The fourth-order valence-electron chi connectivity index (χ4n) is 4.00. The number of rotatable bonds is 6. The van der Waals surface area contributed by atoms with E-state index >= 15 is 0 Å². The third kappa shape index (κ3) is 3.46. The van der Waals surface area contributed by atoms with Crippen molar-refractivity contribution in [2.24, 2.45) is 0 Å². The normalized spacial score (nSPS) is 31.1. The number of imidazole rings is 1. The molecule has 0 bridgehead atoms. The van der Waals surface area contributed by atoms with Gasteiger partial charge in [-0.2, -0.15) is 9.97 Å². The number of aromatic nitrogens is 4. The number of halogens is 1. The Hall–Kier alpha value is -1.52. The van der Waals surface area contributed by atoms with Crippen LogP contribution < -0.4 is 5.32 Å². The van der Waals surface area contributed by atoms with Gasteiger partial charge in [0.15, 0.2) is 23.2 Å². The third-order valence-electron chi connectivity index (χ3n) is 5.72. The van der Waals surface area contributed by atoms with E-state index in [9.17, 15) is 10.2 Å². The van der Waals surface area contributed by atoms with Gasteiger partial charge in [-0.3, -0.25) is 4.57 Å². The average molecular weight is 410 g/mol. The predicted octanol–water partition coefficient (Wildman–Crippen LogP) is 1.63. The minimum atomic E-state index is -1.12. The van der Waals surface area contributed by atoms with Crippen molar-refractivity contribution in [2.45, 2.75) is 75.2 Å². The molecule has 152 valence electrons. The SMILES string of the molecule is OC1C(O)[C@@H](COC2CC2)O[C@H]1n1cnc2c(NC3CCCC3)nc(Cl)nc21. The summed E-state index contributed by atoms with van der Waals surface area (Å²) in [6.45, 7) is 0.246. The summed E-state index contributed by atoms with van der Waals surface area (Å²) in [5.41, 5.74) is 1.03. The molecule has 9 nitrogen and oxygen atoms in total. The molecule has 3 heterocycles. The Labute approximate surface area is 167 Å². The van der Waals surface area contributed by atoms with Gasteiger partial charge < -0.3 is 25.0 Å². The molecular weight excluding hydrogens is 386 g/mol. The maximum Gasteiger partial charge on any atom is 0.226 e. The van der Waals surface area contributed by atoms with Gasteiger partial charge in [0.25, 0.3) is 0 Å². The van der Waals surface area contributed by atoms with Crippen molar-refractivity contribution in [1.29, 1.82) is 0 Å². The number of aliphatic hydroxyl groups is 2. The summed E-state index contributed by atoms with van der Waals surface area (Å²) in [6, 6.07) is 0.346. The average Bonchev–Trinajstić information content (AvgIpc) is 3.06. The Morgan fingerprint density at radius 1 is 1.18 bits per heavy atom. The topological polar surface area (TPSA) is 115 Å². The Bertz CT molecular complexity index is 854. The van der Waals surface area contributed by atoms with Crippen LogP contribution in [-0.4, -0.2) is 66.8 Å².